The van der Waals surface area contributed by atoms with Gasteiger partial charge >= 0.3 is 0 Å². The average molecular weight is 303 g/mol. The van der Waals surface area contributed by atoms with E-state index in [1.807, 2.05) is 13.8 Å². The van der Waals surface area contributed by atoms with Crippen molar-refractivity contribution < 1.29 is 9.13 Å². The van der Waals surface area contributed by atoms with E-state index >= 15 is 0 Å². The third-order valence-electron chi connectivity index (χ3n) is 2.26. The number of nitrogens with two attached hydrogens (primary N) is 1. The van der Waals surface area contributed by atoms with Gasteiger partial charge in [-0.25, -0.2) is 4.39 Å². The molecule has 1 unspecified atom stereocenters. The molecule has 0 amide bonds. The summed E-state index contributed by atoms with van der Waals surface area (Å²) in [7, 11) is 0. The molecule has 0 aliphatic rings. The van der Waals surface area contributed by atoms with Crippen LogP contribution in [0.4, 0.5) is 4.39 Å². The molecule has 0 spiro atoms. The smallest absolute Gasteiger partial charge is 0.137 e. The molecule has 1 aromatic carbocycles. The Morgan fingerprint density at radius 1 is 1.59 bits per heavy atom. The quantitative estimate of drug-likeness (QED) is 0.671. The average Bonchev–Trinajstić information content (AvgIpc) is 2.30. The molecule has 0 fully saturated rings. The summed E-state index contributed by atoms with van der Waals surface area (Å²) < 4.78 is 19.0. The largest absolute Gasteiger partial charge is 0.385 e. The van der Waals surface area contributed by atoms with Crippen LogP contribution in [-0.4, -0.2) is 18.5 Å². The van der Waals surface area contributed by atoms with Crippen molar-refractivity contribution in [2.24, 2.45) is 10.7 Å². The van der Waals surface area contributed by atoms with E-state index in [2.05, 4.69) is 20.9 Å². The summed E-state index contributed by atoms with van der Waals surface area (Å²) in [5.74, 6) is 0.129. The predicted molar refractivity (Wildman–Crippen MR) is 70.5 cm³/mol. The first kappa shape index (κ1) is 14.1. The molecular formula is C12H16BrFN2O. The lowest BCUT2D eigenvalue weighted by atomic mass is 10.2. The van der Waals surface area contributed by atoms with E-state index in [9.17, 15) is 4.39 Å². The summed E-state index contributed by atoms with van der Waals surface area (Å²) in [6.45, 7) is 4.68. The van der Waals surface area contributed by atoms with Crippen LogP contribution in [0.5, 0.6) is 0 Å². The minimum Gasteiger partial charge on any atom is -0.385 e. The van der Waals surface area contributed by atoms with Gasteiger partial charge in [0.05, 0.1) is 11.0 Å². The lowest BCUT2D eigenvalue weighted by Crippen LogP contribution is -2.28. The Morgan fingerprint density at radius 3 is 2.88 bits per heavy atom. The maximum Gasteiger partial charge on any atom is 0.137 e. The number of ether oxygens (including phenoxy) is 1. The topological polar surface area (TPSA) is 47.6 Å². The minimum absolute atomic E-state index is 0.208. The molecule has 0 saturated heterocycles. The SMILES string of the molecule is CCOC(C)C(N)=NCc1ccc(Br)c(F)c1. The van der Waals surface area contributed by atoms with E-state index in [0.29, 0.717) is 23.5 Å². The molecule has 2 N–H and O–H groups in total. The van der Waals surface area contributed by atoms with Crippen molar-refractivity contribution in [2.45, 2.75) is 26.5 Å². The highest BCUT2D eigenvalue weighted by Crippen LogP contribution is 2.16. The van der Waals surface area contributed by atoms with Crippen molar-refractivity contribution in [3.05, 3.63) is 34.1 Å². The van der Waals surface area contributed by atoms with Gasteiger partial charge in [0, 0.05) is 6.61 Å². The van der Waals surface area contributed by atoms with Gasteiger partial charge in [0.15, 0.2) is 0 Å². The first-order chi connectivity index (χ1) is 8.04. The van der Waals surface area contributed by atoms with E-state index in [0.717, 1.165) is 5.56 Å². The summed E-state index contributed by atoms with van der Waals surface area (Å²) >= 11 is 3.10. The number of aliphatic imine (C=N–C) groups is 1. The van der Waals surface area contributed by atoms with E-state index < -0.39 is 0 Å². The van der Waals surface area contributed by atoms with Crippen LogP contribution in [0.1, 0.15) is 19.4 Å². The highest BCUT2D eigenvalue weighted by molar-refractivity contribution is 9.10. The monoisotopic (exact) mass is 302 g/mol. The van der Waals surface area contributed by atoms with Gasteiger partial charge in [-0.2, -0.15) is 0 Å². The van der Waals surface area contributed by atoms with Gasteiger partial charge in [0.25, 0.3) is 0 Å². The van der Waals surface area contributed by atoms with E-state index in [-0.39, 0.29) is 11.9 Å². The van der Waals surface area contributed by atoms with E-state index in [1.165, 1.54) is 6.07 Å². The summed E-state index contributed by atoms with van der Waals surface area (Å²) in [5, 5.41) is 0. The molecule has 94 valence electrons. The Kier molecular flexibility index (Phi) is 5.58. The molecule has 17 heavy (non-hydrogen) atoms. The molecule has 1 rings (SSSR count). The second-order valence-corrected chi connectivity index (χ2v) is 4.44. The second-order valence-electron chi connectivity index (χ2n) is 3.59. The predicted octanol–water partition coefficient (Wildman–Crippen LogP) is 2.87. The van der Waals surface area contributed by atoms with Crippen LogP contribution in [0.2, 0.25) is 0 Å². The van der Waals surface area contributed by atoms with Crippen molar-refractivity contribution in [3.63, 3.8) is 0 Å². The molecule has 0 heterocycles. The van der Waals surface area contributed by atoms with Gasteiger partial charge in [0.1, 0.15) is 17.8 Å². The Balaban J connectivity index is 2.65. The fourth-order valence-corrected chi connectivity index (χ4v) is 1.53. The second kappa shape index (κ2) is 6.71. The maximum absolute atomic E-state index is 13.2. The van der Waals surface area contributed by atoms with Crippen LogP contribution in [-0.2, 0) is 11.3 Å². The summed E-state index contributed by atoms with van der Waals surface area (Å²) in [4.78, 5) is 4.17. The number of rotatable bonds is 5. The zero-order valence-corrected chi connectivity index (χ0v) is 11.5. The van der Waals surface area contributed by atoms with Gasteiger partial charge in [-0.3, -0.25) is 4.99 Å². The van der Waals surface area contributed by atoms with E-state index in [4.69, 9.17) is 10.5 Å². The fraction of sp³-hybridized carbons (Fsp3) is 0.417. The van der Waals surface area contributed by atoms with Crippen LogP contribution in [0.3, 0.4) is 0 Å². The lowest BCUT2D eigenvalue weighted by Gasteiger charge is -2.10. The van der Waals surface area contributed by atoms with Crippen LogP contribution < -0.4 is 5.73 Å². The highest BCUT2D eigenvalue weighted by atomic mass is 79.9. The highest BCUT2D eigenvalue weighted by Gasteiger charge is 2.06. The third kappa shape index (κ3) is 4.44. The molecule has 5 heteroatoms. The first-order valence-electron chi connectivity index (χ1n) is 5.40. The Hall–Kier alpha value is -0.940. The number of halogens is 2. The molecule has 3 nitrogen and oxygen atoms in total. The molecular weight excluding hydrogens is 287 g/mol. The first-order valence-corrected chi connectivity index (χ1v) is 6.19. The third-order valence-corrected chi connectivity index (χ3v) is 2.90. The zero-order valence-electron chi connectivity index (χ0n) is 9.91. The van der Waals surface area contributed by atoms with Crippen molar-refractivity contribution in [1.29, 1.82) is 0 Å². The number of amidine groups is 1. The Bertz CT molecular complexity index is 409. The molecule has 0 aliphatic carbocycles. The Labute approximate surface area is 109 Å². The lowest BCUT2D eigenvalue weighted by molar-refractivity contribution is 0.121. The van der Waals surface area contributed by atoms with Crippen LogP contribution in [0.25, 0.3) is 0 Å². The standard InChI is InChI=1S/C12H16BrFN2O/c1-3-17-8(2)12(15)16-7-9-4-5-10(13)11(14)6-9/h4-6,8H,3,7H2,1-2H3,(H2,15,16). The summed E-state index contributed by atoms with van der Waals surface area (Å²) in [5.41, 5.74) is 6.52. The van der Waals surface area contributed by atoms with Gasteiger partial charge < -0.3 is 10.5 Å². The van der Waals surface area contributed by atoms with Crippen molar-refractivity contribution in [1.82, 2.24) is 0 Å². The number of hydrogen-bond acceptors (Lipinski definition) is 2. The molecule has 1 atom stereocenters. The van der Waals surface area contributed by atoms with Gasteiger partial charge in [-0.15, -0.1) is 0 Å². The molecule has 0 aliphatic heterocycles. The summed E-state index contributed by atoms with van der Waals surface area (Å²) in [6.07, 6.45) is -0.208. The maximum atomic E-state index is 13.2. The number of benzene rings is 1. The van der Waals surface area contributed by atoms with Crippen molar-refractivity contribution in [2.75, 3.05) is 6.61 Å². The fourth-order valence-electron chi connectivity index (χ4n) is 1.28. The minimum atomic E-state index is -0.297. The van der Waals surface area contributed by atoms with Crippen molar-refractivity contribution >= 4 is 21.8 Å². The Morgan fingerprint density at radius 2 is 2.29 bits per heavy atom. The van der Waals surface area contributed by atoms with Crippen LogP contribution in [0.15, 0.2) is 27.7 Å². The zero-order chi connectivity index (χ0) is 12.8. The van der Waals surface area contributed by atoms with E-state index in [1.54, 1.807) is 12.1 Å². The molecule has 0 saturated carbocycles. The molecule has 0 aromatic heterocycles. The molecule has 1 aromatic rings. The number of hydrogen-bond donors (Lipinski definition) is 1. The van der Waals surface area contributed by atoms with Gasteiger partial charge in [-0.05, 0) is 47.5 Å². The summed E-state index contributed by atoms with van der Waals surface area (Å²) in [6, 6.07) is 4.89. The van der Waals surface area contributed by atoms with Crippen LogP contribution in [0, 0.1) is 5.82 Å². The van der Waals surface area contributed by atoms with Crippen LogP contribution >= 0.6 is 15.9 Å². The van der Waals surface area contributed by atoms with Gasteiger partial charge in [0.2, 0.25) is 0 Å². The molecule has 0 radical (unpaired) electrons. The molecule has 0 bridgehead atoms. The normalized spacial score (nSPS) is 13.8. The number of nitrogens with zero attached hydrogens (tertiary/aromatic N) is 1. The van der Waals surface area contributed by atoms with Crippen molar-refractivity contribution in [3.8, 4) is 0 Å². The van der Waals surface area contributed by atoms with Gasteiger partial charge in [-0.1, -0.05) is 6.07 Å².